The van der Waals surface area contributed by atoms with Crippen molar-refractivity contribution in [1.29, 1.82) is 0 Å². The second-order valence-electron chi connectivity index (χ2n) is 2.38. The van der Waals surface area contributed by atoms with Crippen molar-refractivity contribution in [2.24, 2.45) is 5.92 Å². The van der Waals surface area contributed by atoms with Gasteiger partial charge in [0.15, 0.2) is 0 Å². The van der Waals surface area contributed by atoms with Crippen LogP contribution in [0.4, 0.5) is 13.2 Å². The molecular weight excluding hydrogens is 141 g/mol. The van der Waals surface area contributed by atoms with Crippen LogP contribution in [0.2, 0.25) is 0 Å². The first-order valence-corrected chi connectivity index (χ1v) is 3.36. The van der Waals surface area contributed by atoms with Gasteiger partial charge < -0.3 is 0 Å². The average Bonchev–Trinajstić information content (AvgIpc) is 1.80. The third kappa shape index (κ3) is 3.75. The van der Waals surface area contributed by atoms with E-state index in [4.69, 9.17) is 0 Å². The highest BCUT2D eigenvalue weighted by atomic mass is 19.4. The highest BCUT2D eigenvalue weighted by Gasteiger charge is 2.34. The monoisotopic (exact) mass is 153 g/mol. The summed E-state index contributed by atoms with van der Waals surface area (Å²) in [4.78, 5) is 0. The van der Waals surface area contributed by atoms with Gasteiger partial charge >= 0.3 is 6.18 Å². The van der Waals surface area contributed by atoms with Crippen molar-refractivity contribution in [3.8, 4) is 0 Å². The van der Waals surface area contributed by atoms with Crippen LogP contribution in [0.1, 0.15) is 26.7 Å². The molecule has 0 bridgehead atoms. The van der Waals surface area contributed by atoms with E-state index in [0.717, 1.165) is 0 Å². The molecule has 0 aromatic carbocycles. The molecule has 0 heterocycles. The van der Waals surface area contributed by atoms with Crippen LogP contribution in [0.3, 0.4) is 0 Å². The van der Waals surface area contributed by atoms with Crippen LogP contribution in [-0.4, -0.2) is 6.18 Å². The summed E-state index contributed by atoms with van der Waals surface area (Å²) in [6, 6.07) is 0. The van der Waals surface area contributed by atoms with Crippen molar-refractivity contribution in [3.05, 3.63) is 6.42 Å². The number of hydrogen-bond donors (Lipinski definition) is 0. The maximum atomic E-state index is 11.8. The zero-order valence-electron chi connectivity index (χ0n) is 6.20. The van der Waals surface area contributed by atoms with Crippen LogP contribution < -0.4 is 0 Å². The minimum atomic E-state index is -4.02. The molecule has 3 heteroatoms. The minimum Gasteiger partial charge on any atom is -0.171 e. The highest BCUT2D eigenvalue weighted by molar-refractivity contribution is 4.71. The Labute approximate surface area is 59.4 Å². The standard InChI is InChI=1S/C7H12F3/c1-3-4-5-6(2)7(8,9)10/h4,6H,3,5H2,1-2H3. The van der Waals surface area contributed by atoms with E-state index in [1.807, 2.05) is 6.92 Å². The summed E-state index contributed by atoms with van der Waals surface area (Å²) in [6.45, 7) is 3.04. The maximum absolute atomic E-state index is 11.8. The Bertz CT molecular complexity index is 85.3. The third-order valence-electron chi connectivity index (χ3n) is 1.37. The molecule has 0 aromatic rings. The van der Waals surface area contributed by atoms with Crippen molar-refractivity contribution in [1.82, 2.24) is 0 Å². The van der Waals surface area contributed by atoms with E-state index in [9.17, 15) is 13.2 Å². The summed E-state index contributed by atoms with van der Waals surface area (Å²) in [5, 5.41) is 0. The average molecular weight is 153 g/mol. The Morgan fingerprint density at radius 1 is 1.40 bits per heavy atom. The summed E-state index contributed by atoms with van der Waals surface area (Å²) in [6.07, 6.45) is -1.52. The van der Waals surface area contributed by atoms with Gasteiger partial charge in [-0.05, 0) is 12.8 Å². The molecule has 0 aliphatic carbocycles. The second-order valence-corrected chi connectivity index (χ2v) is 2.38. The molecule has 0 aliphatic rings. The quantitative estimate of drug-likeness (QED) is 0.584. The zero-order chi connectivity index (χ0) is 8.20. The molecule has 1 radical (unpaired) electrons. The molecule has 0 aliphatic heterocycles. The van der Waals surface area contributed by atoms with Gasteiger partial charge in [-0.2, -0.15) is 13.2 Å². The van der Waals surface area contributed by atoms with Gasteiger partial charge in [-0.1, -0.05) is 20.3 Å². The van der Waals surface area contributed by atoms with Gasteiger partial charge in [0.2, 0.25) is 0 Å². The van der Waals surface area contributed by atoms with E-state index in [-0.39, 0.29) is 6.42 Å². The molecule has 1 atom stereocenters. The Hall–Kier alpha value is -0.210. The first-order chi connectivity index (χ1) is 4.48. The first kappa shape index (κ1) is 9.79. The Morgan fingerprint density at radius 2 is 1.90 bits per heavy atom. The van der Waals surface area contributed by atoms with Gasteiger partial charge in [-0.3, -0.25) is 0 Å². The smallest absolute Gasteiger partial charge is 0.171 e. The molecule has 0 saturated carbocycles. The molecule has 0 spiro atoms. The molecule has 0 aromatic heterocycles. The van der Waals surface area contributed by atoms with Crippen molar-refractivity contribution in [3.63, 3.8) is 0 Å². The summed E-state index contributed by atoms with van der Waals surface area (Å²) in [5.74, 6) is -1.19. The summed E-state index contributed by atoms with van der Waals surface area (Å²) in [5.41, 5.74) is 0. The number of halogens is 3. The lowest BCUT2D eigenvalue weighted by atomic mass is 10.0. The van der Waals surface area contributed by atoms with Gasteiger partial charge in [0.25, 0.3) is 0 Å². The van der Waals surface area contributed by atoms with Gasteiger partial charge in [0.05, 0.1) is 5.92 Å². The van der Waals surface area contributed by atoms with Gasteiger partial charge in [-0.25, -0.2) is 0 Å². The molecule has 0 saturated heterocycles. The lowest BCUT2D eigenvalue weighted by Crippen LogP contribution is -2.19. The number of rotatable bonds is 3. The van der Waals surface area contributed by atoms with Crippen LogP contribution >= 0.6 is 0 Å². The Morgan fingerprint density at radius 3 is 2.20 bits per heavy atom. The summed E-state index contributed by atoms with van der Waals surface area (Å²) < 4.78 is 35.3. The fourth-order valence-corrected chi connectivity index (χ4v) is 0.550. The predicted octanol–water partition coefficient (Wildman–Crippen LogP) is 3.19. The van der Waals surface area contributed by atoms with Gasteiger partial charge in [0.1, 0.15) is 0 Å². The van der Waals surface area contributed by atoms with Crippen LogP contribution in [0.25, 0.3) is 0 Å². The van der Waals surface area contributed by atoms with Crippen LogP contribution in [0, 0.1) is 12.3 Å². The predicted molar refractivity (Wildman–Crippen MR) is 34.4 cm³/mol. The lowest BCUT2D eigenvalue weighted by Gasteiger charge is -2.13. The van der Waals surface area contributed by atoms with Gasteiger partial charge in [-0.15, -0.1) is 0 Å². The van der Waals surface area contributed by atoms with E-state index in [1.165, 1.54) is 6.92 Å². The fourth-order valence-electron chi connectivity index (χ4n) is 0.550. The molecule has 10 heavy (non-hydrogen) atoms. The molecule has 0 nitrogen and oxygen atoms in total. The lowest BCUT2D eigenvalue weighted by molar-refractivity contribution is -0.169. The van der Waals surface area contributed by atoms with E-state index in [1.54, 1.807) is 6.42 Å². The third-order valence-corrected chi connectivity index (χ3v) is 1.37. The van der Waals surface area contributed by atoms with Crippen molar-refractivity contribution in [2.75, 3.05) is 0 Å². The molecule has 0 fully saturated rings. The first-order valence-electron chi connectivity index (χ1n) is 3.36. The highest BCUT2D eigenvalue weighted by Crippen LogP contribution is 2.28. The SMILES string of the molecule is CC[CH]CC(C)C(F)(F)F. The number of unbranched alkanes of at least 4 members (excludes halogenated alkanes) is 1. The van der Waals surface area contributed by atoms with Crippen LogP contribution in [-0.2, 0) is 0 Å². The number of alkyl halides is 3. The van der Waals surface area contributed by atoms with Crippen LogP contribution in [0.15, 0.2) is 0 Å². The van der Waals surface area contributed by atoms with E-state index in [0.29, 0.717) is 6.42 Å². The van der Waals surface area contributed by atoms with Crippen molar-refractivity contribution >= 4 is 0 Å². The fraction of sp³-hybridized carbons (Fsp3) is 0.857. The van der Waals surface area contributed by atoms with E-state index < -0.39 is 12.1 Å². The molecule has 1 unspecified atom stereocenters. The molecule has 0 rings (SSSR count). The largest absolute Gasteiger partial charge is 0.391 e. The Kier molecular flexibility index (Phi) is 3.76. The van der Waals surface area contributed by atoms with E-state index in [2.05, 4.69) is 0 Å². The Balaban J connectivity index is 3.52. The summed E-state index contributed by atoms with van der Waals surface area (Å²) in [7, 11) is 0. The van der Waals surface area contributed by atoms with Crippen molar-refractivity contribution < 1.29 is 13.2 Å². The topological polar surface area (TPSA) is 0 Å². The molecule has 0 N–H and O–H groups in total. The summed E-state index contributed by atoms with van der Waals surface area (Å²) >= 11 is 0. The normalized spacial score (nSPS) is 15.3. The van der Waals surface area contributed by atoms with E-state index >= 15 is 0 Å². The maximum Gasteiger partial charge on any atom is 0.391 e. The molecule has 61 valence electrons. The number of hydrogen-bond acceptors (Lipinski definition) is 0. The molecule has 0 amide bonds. The minimum absolute atomic E-state index is 0.139. The molecular formula is C7H12F3. The van der Waals surface area contributed by atoms with Crippen molar-refractivity contribution in [2.45, 2.75) is 32.9 Å². The zero-order valence-corrected chi connectivity index (χ0v) is 6.20. The van der Waals surface area contributed by atoms with Crippen LogP contribution in [0.5, 0.6) is 0 Å². The van der Waals surface area contributed by atoms with Gasteiger partial charge in [0, 0.05) is 0 Å². The second kappa shape index (κ2) is 3.84.